The monoisotopic (exact) mass is 399 g/mol. The number of carbonyl (C=O) groups is 1. The molecule has 132 valence electrons. The van der Waals surface area contributed by atoms with Gasteiger partial charge >= 0.3 is 5.97 Å². The SMILES string of the molecule is O=C(O)c1cc(Cl)c(NCc2nc(NCC3CC3)ccc2Cl)c(Cl)c1. The average molecular weight is 401 g/mol. The van der Waals surface area contributed by atoms with Crippen LogP contribution >= 0.6 is 34.8 Å². The summed E-state index contributed by atoms with van der Waals surface area (Å²) in [4.78, 5) is 15.5. The first-order valence-corrected chi connectivity index (χ1v) is 8.93. The molecular weight excluding hydrogens is 385 g/mol. The molecule has 1 saturated carbocycles. The zero-order valence-corrected chi connectivity index (χ0v) is 15.4. The number of hydrogen-bond donors (Lipinski definition) is 3. The Balaban J connectivity index is 1.72. The van der Waals surface area contributed by atoms with E-state index >= 15 is 0 Å². The number of aromatic nitrogens is 1. The van der Waals surface area contributed by atoms with Crippen molar-refractivity contribution in [1.82, 2.24) is 4.98 Å². The van der Waals surface area contributed by atoms with E-state index in [1.54, 1.807) is 6.07 Å². The van der Waals surface area contributed by atoms with Crippen molar-refractivity contribution in [1.29, 1.82) is 0 Å². The summed E-state index contributed by atoms with van der Waals surface area (Å²) in [6.07, 6.45) is 2.52. The van der Waals surface area contributed by atoms with Crippen LogP contribution in [0.4, 0.5) is 11.5 Å². The molecule has 1 aliphatic carbocycles. The summed E-state index contributed by atoms with van der Waals surface area (Å²) >= 11 is 18.5. The highest BCUT2D eigenvalue weighted by molar-refractivity contribution is 6.39. The first kappa shape index (κ1) is 18.1. The van der Waals surface area contributed by atoms with Crippen molar-refractivity contribution in [3.63, 3.8) is 0 Å². The molecule has 1 fully saturated rings. The van der Waals surface area contributed by atoms with Crippen LogP contribution in [0.3, 0.4) is 0 Å². The Labute approximate surface area is 160 Å². The molecule has 0 atom stereocenters. The third-order valence-corrected chi connectivity index (χ3v) is 4.85. The van der Waals surface area contributed by atoms with Crippen molar-refractivity contribution in [2.75, 3.05) is 17.2 Å². The Hall–Kier alpha value is -1.69. The summed E-state index contributed by atoms with van der Waals surface area (Å²) in [6, 6.07) is 6.33. The first-order valence-electron chi connectivity index (χ1n) is 7.79. The summed E-state index contributed by atoms with van der Waals surface area (Å²) in [5.41, 5.74) is 1.13. The van der Waals surface area contributed by atoms with Crippen molar-refractivity contribution in [2.24, 2.45) is 5.92 Å². The summed E-state index contributed by atoms with van der Waals surface area (Å²) in [6.45, 7) is 1.22. The third-order valence-electron chi connectivity index (χ3n) is 3.91. The van der Waals surface area contributed by atoms with Gasteiger partial charge in [0.05, 0.1) is 38.6 Å². The van der Waals surface area contributed by atoms with Gasteiger partial charge in [0.1, 0.15) is 5.82 Å². The van der Waals surface area contributed by atoms with E-state index in [2.05, 4.69) is 15.6 Å². The van der Waals surface area contributed by atoms with Gasteiger partial charge in [0.15, 0.2) is 0 Å². The predicted molar refractivity (Wildman–Crippen MR) is 101 cm³/mol. The first-order chi connectivity index (χ1) is 11.9. The average Bonchev–Trinajstić information content (AvgIpc) is 3.38. The molecule has 3 rings (SSSR count). The van der Waals surface area contributed by atoms with E-state index in [0.29, 0.717) is 22.9 Å². The minimum atomic E-state index is -1.09. The Morgan fingerprint density at radius 1 is 1.12 bits per heavy atom. The van der Waals surface area contributed by atoms with Crippen molar-refractivity contribution in [3.05, 3.63) is 50.6 Å². The smallest absolute Gasteiger partial charge is 0.335 e. The lowest BCUT2D eigenvalue weighted by Gasteiger charge is -2.13. The molecule has 0 bridgehead atoms. The van der Waals surface area contributed by atoms with Gasteiger partial charge in [-0.3, -0.25) is 0 Å². The van der Waals surface area contributed by atoms with Gasteiger partial charge in [0, 0.05) is 6.54 Å². The van der Waals surface area contributed by atoms with Gasteiger partial charge in [-0.1, -0.05) is 34.8 Å². The van der Waals surface area contributed by atoms with Gasteiger partial charge in [-0.25, -0.2) is 9.78 Å². The molecule has 5 nitrogen and oxygen atoms in total. The van der Waals surface area contributed by atoms with Crippen LogP contribution in [0.25, 0.3) is 0 Å². The van der Waals surface area contributed by atoms with E-state index in [9.17, 15) is 4.79 Å². The molecule has 1 heterocycles. The zero-order chi connectivity index (χ0) is 18.0. The molecule has 8 heteroatoms. The number of aromatic carboxylic acids is 1. The molecule has 25 heavy (non-hydrogen) atoms. The van der Waals surface area contributed by atoms with E-state index in [4.69, 9.17) is 39.9 Å². The van der Waals surface area contributed by atoms with Crippen molar-refractivity contribution < 1.29 is 9.90 Å². The van der Waals surface area contributed by atoms with Crippen LogP contribution in [-0.2, 0) is 6.54 Å². The van der Waals surface area contributed by atoms with E-state index in [-0.39, 0.29) is 15.6 Å². The number of carboxylic acids is 1. The number of halogens is 3. The van der Waals surface area contributed by atoms with E-state index in [1.807, 2.05) is 6.07 Å². The second kappa shape index (κ2) is 7.68. The number of anilines is 2. The summed E-state index contributed by atoms with van der Waals surface area (Å²) in [5.74, 6) is 0.422. The van der Waals surface area contributed by atoms with Crippen molar-refractivity contribution in [2.45, 2.75) is 19.4 Å². The Bertz CT molecular complexity index is 787. The highest BCUT2D eigenvalue weighted by Gasteiger charge is 2.21. The van der Waals surface area contributed by atoms with Crippen LogP contribution < -0.4 is 10.6 Å². The lowest BCUT2D eigenvalue weighted by molar-refractivity contribution is 0.0697. The molecule has 0 radical (unpaired) electrons. The van der Waals surface area contributed by atoms with Gasteiger partial charge < -0.3 is 15.7 Å². The summed E-state index contributed by atoms with van der Waals surface area (Å²) < 4.78 is 0. The fraction of sp³-hybridized carbons (Fsp3) is 0.294. The summed E-state index contributed by atoms with van der Waals surface area (Å²) in [5, 5.41) is 16.4. The number of rotatable bonds is 7. The molecule has 1 aromatic heterocycles. The molecule has 1 aromatic carbocycles. The number of hydrogen-bond acceptors (Lipinski definition) is 4. The highest BCUT2D eigenvalue weighted by atomic mass is 35.5. The normalized spacial score (nSPS) is 13.6. The molecule has 0 saturated heterocycles. The zero-order valence-electron chi connectivity index (χ0n) is 13.2. The quantitative estimate of drug-likeness (QED) is 0.597. The molecule has 0 spiro atoms. The van der Waals surface area contributed by atoms with Crippen LogP contribution in [0, 0.1) is 5.92 Å². The minimum absolute atomic E-state index is 0.0305. The van der Waals surface area contributed by atoms with Gasteiger partial charge in [-0.2, -0.15) is 0 Å². The lowest BCUT2D eigenvalue weighted by atomic mass is 10.2. The van der Waals surface area contributed by atoms with Crippen LogP contribution in [-0.4, -0.2) is 22.6 Å². The summed E-state index contributed by atoms with van der Waals surface area (Å²) in [7, 11) is 0. The van der Waals surface area contributed by atoms with Gasteiger partial charge in [-0.15, -0.1) is 0 Å². The Morgan fingerprint density at radius 2 is 1.80 bits per heavy atom. The van der Waals surface area contributed by atoms with Crippen LogP contribution in [0.2, 0.25) is 15.1 Å². The molecule has 1 aliphatic rings. The van der Waals surface area contributed by atoms with E-state index in [0.717, 1.165) is 18.3 Å². The fourth-order valence-electron chi connectivity index (χ4n) is 2.32. The largest absolute Gasteiger partial charge is 0.478 e. The Kier molecular flexibility index (Phi) is 5.57. The number of benzene rings is 1. The van der Waals surface area contributed by atoms with Crippen LogP contribution in [0.15, 0.2) is 24.3 Å². The maximum absolute atomic E-state index is 11.0. The fourth-order valence-corrected chi connectivity index (χ4v) is 3.11. The van der Waals surface area contributed by atoms with E-state index < -0.39 is 5.97 Å². The standard InChI is InChI=1S/C17H16Cl3N3O2/c18-11-3-4-15(21-7-9-1-2-9)23-14(11)8-22-16-12(19)5-10(17(24)25)6-13(16)20/h3-6,9,22H,1-2,7-8H2,(H,21,23)(H,24,25). The van der Waals surface area contributed by atoms with Gasteiger partial charge in [0.2, 0.25) is 0 Å². The maximum atomic E-state index is 11.0. The second-order valence-corrected chi connectivity index (χ2v) is 7.14. The Morgan fingerprint density at radius 3 is 2.40 bits per heavy atom. The highest BCUT2D eigenvalue weighted by Crippen LogP contribution is 2.33. The maximum Gasteiger partial charge on any atom is 0.335 e. The predicted octanol–water partition coefficient (Wildman–Crippen LogP) is 5.17. The number of carboxylic acid groups (broad SMARTS) is 1. The number of nitrogens with one attached hydrogen (secondary N) is 2. The lowest BCUT2D eigenvalue weighted by Crippen LogP contribution is -2.09. The van der Waals surface area contributed by atoms with Gasteiger partial charge in [0.25, 0.3) is 0 Å². The molecule has 2 aromatic rings. The van der Waals surface area contributed by atoms with Crippen LogP contribution in [0.5, 0.6) is 0 Å². The van der Waals surface area contributed by atoms with Crippen LogP contribution in [0.1, 0.15) is 28.9 Å². The minimum Gasteiger partial charge on any atom is -0.478 e. The molecular formula is C17H16Cl3N3O2. The van der Waals surface area contributed by atoms with Crippen molar-refractivity contribution >= 4 is 52.3 Å². The van der Waals surface area contributed by atoms with E-state index in [1.165, 1.54) is 25.0 Å². The molecule has 0 aliphatic heterocycles. The topological polar surface area (TPSA) is 74.2 Å². The van der Waals surface area contributed by atoms with Gasteiger partial charge in [-0.05, 0) is 43.0 Å². The third kappa shape index (κ3) is 4.69. The number of nitrogens with zero attached hydrogens (tertiary/aromatic N) is 1. The van der Waals surface area contributed by atoms with Crippen molar-refractivity contribution in [3.8, 4) is 0 Å². The second-order valence-electron chi connectivity index (χ2n) is 5.92. The number of pyridine rings is 1. The molecule has 3 N–H and O–H groups in total. The molecule has 0 unspecified atom stereocenters. The molecule has 0 amide bonds.